The number of rotatable bonds is 5. The summed E-state index contributed by atoms with van der Waals surface area (Å²) < 4.78 is 3.43. The molecule has 2 rings (SSSR count). The normalized spacial score (nSPS) is 10.8. The van der Waals surface area contributed by atoms with Crippen LogP contribution in [-0.4, -0.2) is 31.1 Å². The average molecular weight is 268 g/mol. The molecule has 0 saturated carbocycles. The van der Waals surface area contributed by atoms with Gasteiger partial charge in [-0.05, 0) is 13.3 Å². The lowest BCUT2D eigenvalue weighted by Crippen LogP contribution is -2.08. The Morgan fingerprint density at radius 1 is 1.44 bits per heavy atom. The minimum Gasteiger partial charge on any atom is -0.296 e. The minimum atomic E-state index is 0.310. The number of hydrogen-bond donors (Lipinski definition) is 0. The molecular weight excluding hydrogens is 254 g/mol. The summed E-state index contributed by atoms with van der Waals surface area (Å²) in [5.74, 6) is 0. The van der Waals surface area contributed by atoms with Crippen molar-refractivity contribution in [3.63, 3.8) is 0 Å². The van der Waals surface area contributed by atoms with Crippen LogP contribution >= 0.6 is 11.6 Å². The summed E-state index contributed by atoms with van der Waals surface area (Å²) in [5.41, 5.74) is 2.08. The van der Waals surface area contributed by atoms with Crippen molar-refractivity contribution in [1.29, 1.82) is 0 Å². The summed E-state index contributed by atoms with van der Waals surface area (Å²) in [6.45, 7) is 5.22. The fraction of sp³-hybridized carbons (Fsp3) is 0.455. The zero-order chi connectivity index (χ0) is 13.1. The highest BCUT2D eigenvalue weighted by Crippen LogP contribution is 2.22. The molecule has 6 nitrogen and oxygen atoms in total. The first-order chi connectivity index (χ1) is 8.69. The smallest absolute Gasteiger partial charge is 0.171 e. The summed E-state index contributed by atoms with van der Waals surface area (Å²) in [6, 6.07) is 0. The second-order valence-corrected chi connectivity index (χ2v) is 4.21. The topological polar surface area (TPSA) is 65.6 Å². The lowest BCUT2D eigenvalue weighted by Gasteiger charge is -2.04. The molecule has 0 aliphatic rings. The molecule has 2 aromatic heterocycles. The van der Waals surface area contributed by atoms with Gasteiger partial charge in [0.1, 0.15) is 5.69 Å². The number of aryl methyl sites for hydroxylation is 2. The monoisotopic (exact) mass is 267 g/mol. The molecule has 0 spiro atoms. The Bertz CT molecular complexity index is 560. The van der Waals surface area contributed by atoms with E-state index in [0.717, 1.165) is 24.4 Å². The number of aromatic nitrogens is 5. The van der Waals surface area contributed by atoms with Gasteiger partial charge in [-0.3, -0.25) is 9.48 Å². The van der Waals surface area contributed by atoms with Crippen molar-refractivity contribution in [2.75, 3.05) is 0 Å². The lowest BCUT2D eigenvalue weighted by molar-refractivity contribution is 0.111. The molecule has 0 bridgehead atoms. The van der Waals surface area contributed by atoms with Crippen molar-refractivity contribution in [3.8, 4) is 0 Å². The van der Waals surface area contributed by atoms with E-state index < -0.39 is 0 Å². The average Bonchev–Trinajstić information content (AvgIpc) is 2.96. The van der Waals surface area contributed by atoms with E-state index in [1.165, 1.54) is 0 Å². The lowest BCUT2D eigenvalue weighted by atomic mass is 10.3. The Labute approximate surface area is 110 Å². The first kappa shape index (κ1) is 12.8. The molecule has 0 amide bonds. The fourth-order valence-corrected chi connectivity index (χ4v) is 2.10. The molecule has 0 unspecified atom stereocenters. The van der Waals surface area contributed by atoms with E-state index in [1.807, 2.05) is 18.5 Å². The Kier molecular flexibility index (Phi) is 3.76. The SMILES string of the molecule is CCc1nn(CC)c(Cn2cc(C=O)nn2)c1Cl. The third-order valence-corrected chi connectivity index (χ3v) is 3.12. The van der Waals surface area contributed by atoms with Crippen molar-refractivity contribution in [2.24, 2.45) is 0 Å². The second kappa shape index (κ2) is 5.30. The number of aldehydes is 1. The fourth-order valence-electron chi connectivity index (χ4n) is 1.77. The van der Waals surface area contributed by atoms with Crippen LogP contribution in [0.1, 0.15) is 35.7 Å². The van der Waals surface area contributed by atoms with E-state index in [4.69, 9.17) is 11.6 Å². The van der Waals surface area contributed by atoms with Crippen molar-refractivity contribution >= 4 is 17.9 Å². The van der Waals surface area contributed by atoms with E-state index in [9.17, 15) is 4.79 Å². The predicted molar refractivity (Wildman–Crippen MR) is 66.8 cm³/mol. The van der Waals surface area contributed by atoms with Gasteiger partial charge in [0, 0.05) is 6.54 Å². The molecule has 96 valence electrons. The number of carbonyl (C=O) groups excluding carboxylic acids is 1. The van der Waals surface area contributed by atoms with Crippen LogP contribution in [0.2, 0.25) is 5.02 Å². The maximum atomic E-state index is 10.6. The van der Waals surface area contributed by atoms with Crippen LogP contribution in [-0.2, 0) is 19.5 Å². The molecule has 0 aliphatic carbocycles. The Hall–Kier alpha value is -1.69. The number of carbonyl (C=O) groups is 1. The molecule has 2 heterocycles. The first-order valence-electron chi connectivity index (χ1n) is 5.78. The van der Waals surface area contributed by atoms with Gasteiger partial charge < -0.3 is 0 Å². The number of hydrogen-bond acceptors (Lipinski definition) is 4. The van der Waals surface area contributed by atoms with Crippen LogP contribution in [0.4, 0.5) is 0 Å². The third-order valence-electron chi connectivity index (χ3n) is 2.68. The van der Waals surface area contributed by atoms with Crippen LogP contribution in [0.3, 0.4) is 0 Å². The number of nitrogens with zero attached hydrogens (tertiary/aromatic N) is 5. The second-order valence-electron chi connectivity index (χ2n) is 3.84. The zero-order valence-electron chi connectivity index (χ0n) is 10.3. The van der Waals surface area contributed by atoms with Crippen molar-refractivity contribution in [1.82, 2.24) is 24.8 Å². The van der Waals surface area contributed by atoms with Gasteiger partial charge in [0.25, 0.3) is 0 Å². The highest BCUT2D eigenvalue weighted by Gasteiger charge is 2.15. The van der Waals surface area contributed by atoms with E-state index in [2.05, 4.69) is 15.4 Å². The third kappa shape index (κ3) is 2.28. The van der Waals surface area contributed by atoms with Gasteiger partial charge in [0.2, 0.25) is 0 Å². The Balaban J connectivity index is 2.32. The molecule has 2 aromatic rings. The van der Waals surface area contributed by atoms with Crippen LogP contribution in [0, 0.1) is 0 Å². The molecular formula is C11H14ClN5O. The van der Waals surface area contributed by atoms with E-state index in [-0.39, 0.29) is 0 Å². The molecule has 0 aliphatic heterocycles. The summed E-state index contributed by atoms with van der Waals surface area (Å²) in [5, 5.41) is 12.7. The summed E-state index contributed by atoms with van der Waals surface area (Å²) in [6.07, 6.45) is 3.04. The summed E-state index contributed by atoms with van der Waals surface area (Å²) >= 11 is 6.28. The molecule has 18 heavy (non-hydrogen) atoms. The molecule has 0 fully saturated rings. The maximum absolute atomic E-state index is 10.6. The summed E-state index contributed by atoms with van der Waals surface area (Å²) in [7, 11) is 0. The van der Waals surface area contributed by atoms with Gasteiger partial charge >= 0.3 is 0 Å². The van der Waals surface area contributed by atoms with E-state index >= 15 is 0 Å². The van der Waals surface area contributed by atoms with Crippen molar-refractivity contribution in [3.05, 3.63) is 28.3 Å². The quantitative estimate of drug-likeness (QED) is 0.772. The minimum absolute atomic E-state index is 0.310. The van der Waals surface area contributed by atoms with E-state index in [0.29, 0.717) is 23.5 Å². The van der Waals surface area contributed by atoms with E-state index in [1.54, 1.807) is 10.9 Å². The van der Waals surface area contributed by atoms with Gasteiger partial charge in [-0.15, -0.1) is 5.10 Å². The highest BCUT2D eigenvalue weighted by atomic mass is 35.5. The van der Waals surface area contributed by atoms with Crippen molar-refractivity contribution < 1.29 is 4.79 Å². The Morgan fingerprint density at radius 2 is 2.22 bits per heavy atom. The van der Waals surface area contributed by atoms with Gasteiger partial charge in [-0.1, -0.05) is 23.7 Å². The van der Waals surface area contributed by atoms with Crippen molar-refractivity contribution in [2.45, 2.75) is 33.4 Å². The molecule has 0 radical (unpaired) electrons. The molecule has 0 saturated heterocycles. The zero-order valence-corrected chi connectivity index (χ0v) is 11.1. The molecule has 7 heteroatoms. The largest absolute Gasteiger partial charge is 0.296 e. The van der Waals surface area contributed by atoms with Gasteiger partial charge in [0.15, 0.2) is 6.29 Å². The number of halogens is 1. The maximum Gasteiger partial charge on any atom is 0.171 e. The molecule has 0 atom stereocenters. The van der Waals surface area contributed by atoms with Crippen LogP contribution in [0.25, 0.3) is 0 Å². The predicted octanol–water partition coefficient (Wildman–Crippen LogP) is 1.57. The van der Waals surface area contributed by atoms with Crippen LogP contribution in [0.5, 0.6) is 0 Å². The highest BCUT2D eigenvalue weighted by molar-refractivity contribution is 6.31. The molecule has 0 aromatic carbocycles. The summed E-state index contributed by atoms with van der Waals surface area (Å²) in [4.78, 5) is 10.6. The van der Waals surface area contributed by atoms with Crippen LogP contribution < -0.4 is 0 Å². The van der Waals surface area contributed by atoms with Crippen LogP contribution in [0.15, 0.2) is 6.20 Å². The van der Waals surface area contributed by atoms with Gasteiger partial charge in [-0.25, -0.2) is 4.68 Å². The van der Waals surface area contributed by atoms with Gasteiger partial charge in [0.05, 0.1) is 29.2 Å². The first-order valence-corrected chi connectivity index (χ1v) is 6.16. The standard InChI is InChI=1S/C11H14ClN5O/c1-3-9-11(12)10(17(4-2)14-9)6-16-5-8(7-18)13-15-16/h5,7H,3-4,6H2,1-2H3. The molecule has 0 N–H and O–H groups in total. The van der Waals surface area contributed by atoms with Gasteiger partial charge in [-0.2, -0.15) is 5.10 Å². The Morgan fingerprint density at radius 3 is 2.78 bits per heavy atom.